The van der Waals surface area contributed by atoms with Crippen molar-refractivity contribution in [1.29, 1.82) is 0 Å². The van der Waals surface area contributed by atoms with Gasteiger partial charge in [0, 0.05) is 17.3 Å². The predicted molar refractivity (Wildman–Crippen MR) is 129 cm³/mol. The molecule has 0 radical (unpaired) electrons. The van der Waals surface area contributed by atoms with Gasteiger partial charge in [0.2, 0.25) is 0 Å². The van der Waals surface area contributed by atoms with Crippen molar-refractivity contribution in [3.05, 3.63) is 81.7 Å². The SMILES string of the molecule is CCCOc1cccc(N2C(=O)C(=O)/C(=C(\O)c3cc(Cl)c(OC)c(Cl)c3)C2c2ccco2)c1. The van der Waals surface area contributed by atoms with Crippen molar-refractivity contribution in [3.63, 3.8) is 0 Å². The minimum atomic E-state index is -1.02. The lowest BCUT2D eigenvalue weighted by Crippen LogP contribution is -2.29. The molecule has 3 aromatic rings. The number of amides is 1. The molecule has 0 spiro atoms. The van der Waals surface area contributed by atoms with Gasteiger partial charge in [0.05, 0.1) is 35.6 Å². The molecular weight excluding hydrogens is 481 g/mol. The van der Waals surface area contributed by atoms with E-state index in [1.165, 1.54) is 30.4 Å². The molecule has 1 aliphatic rings. The number of rotatable bonds is 7. The Balaban J connectivity index is 1.87. The van der Waals surface area contributed by atoms with E-state index >= 15 is 0 Å². The molecule has 1 saturated heterocycles. The number of carbonyl (C=O) groups is 2. The fourth-order valence-electron chi connectivity index (χ4n) is 3.81. The minimum Gasteiger partial charge on any atom is -0.507 e. The third-order valence-corrected chi connectivity index (χ3v) is 5.86. The molecule has 0 saturated carbocycles. The van der Waals surface area contributed by atoms with Gasteiger partial charge in [-0.2, -0.15) is 0 Å². The number of ether oxygens (including phenoxy) is 2. The maximum absolute atomic E-state index is 13.2. The quantitative estimate of drug-likeness (QED) is 0.242. The van der Waals surface area contributed by atoms with Crippen LogP contribution < -0.4 is 14.4 Å². The molecule has 176 valence electrons. The number of aliphatic hydroxyl groups excluding tert-OH is 1. The Morgan fingerprint density at radius 3 is 2.47 bits per heavy atom. The van der Waals surface area contributed by atoms with Crippen LogP contribution in [0.15, 0.2) is 64.8 Å². The number of ketones is 1. The molecule has 2 aromatic carbocycles. The number of benzene rings is 2. The molecule has 1 amide bonds. The molecular formula is C25H21Cl2NO6. The average molecular weight is 502 g/mol. The Kier molecular flexibility index (Phi) is 6.86. The molecule has 4 rings (SSSR count). The molecule has 1 aromatic heterocycles. The summed E-state index contributed by atoms with van der Waals surface area (Å²) in [7, 11) is 1.41. The summed E-state index contributed by atoms with van der Waals surface area (Å²) in [5, 5.41) is 11.5. The van der Waals surface area contributed by atoms with Crippen LogP contribution >= 0.6 is 23.2 Å². The van der Waals surface area contributed by atoms with Gasteiger partial charge in [-0.1, -0.05) is 36.2 Å². The standard InChI is InChI=1S/C25H21Cl2NO6/c1-3-9-33-16-7-4-6-15(13-16)28-21(19-8-5-10-34-19)20(23(30)25(28)31)22(29)14-11-17(26)24(32-2)18(27)12-14/h4-8,10-13,21,29H,3,9H2,1-2H3/b22-20-. The molecule has 1 atom stereocenters. The van der Waals surface area contributed by atoms with Gasteiger partial charge in [-0.15, -0.1) is 0 Å². The van der Waals surface area contributed by atoms with Crippen LogP contribution in [0.2, 0.25) is 10.0 Å². The monoisotopic (exact) mass is 501 g/mol. The first-order valence-electron chi connectivity index (χ1n) is 10.5. The van der Waals surface area contributed by atoms with Crippen molar-refractivity contribution in [1.82, 2.24) is 0 Å². The van der Waals surface area contributed by atoms with Crippen molar-refractivity contribution >= 4 is 46.3 Å². The Bertz CT molecular complexity index is 1250. The third-order valence-electron chi connectivity index (χ3n) is 5.30. The van der Waals surface area contributed by atoms with Crippen molar-refractivity contribution < 1.29 is 28.6 Å². The van der Waals surface area contributed by atoms with Crippen molar-refractivity contribution in [3.8, 4) is 11.5 Å². The van der Waals surface area contributed by atoms with E-state index in [9.17, 15) is 14.7 Å². The van der Waals surface area contributed by atoms with Crippen LogP contribution in [0.25, 0.3) is 5.76 Å². The first-order valence-corrected chi connectivity index (χ1v) is 11.2. The fraction of sp³-hybridized carbons (Fsp3) is 0.200. The lowest BCUT2D eigenvalue weighted by Gasteiger charge is -2.24. The Labute approximate surface area is 206 Å². The van der Waals surface area contributed by atoms with Crippen molar-refractivity contribution in [2.24, 2.45) is 0 Å². The highest BCUT2D eigenvalue weighted by Crippen LogP contribution is 2.44. The van der Waals surface area contributed by atoms with Crippen LogP contribution in [-0.4, -0.2) is 30.5 Å². The number of hydrogen-bond acceptors (Lipinski definition) is 6. The molecule has 9 heteroatoms. The number of methoxy groups -OCH3 is 1. The highest BCUT2D eigenvalue weighted by Gasteiger charge is 2.48. The predicted octanol–water partition coefficient (Wildman–Crippen LogP) is 6.01. The van der Waals surface area contributed by atoms with E-state index in [0.717, 1.165) is 6.42 Å². The zero-order chi connectivity index (χ0) is 24.4. The fourth-order valence-corrected chi connectivity index (χ4v) is 4.45. The lowest BCUT2D eigenvalue weighted by molar-refractivity contribution is -0.132. The van der Waals surface area contributed by atoms with Gasteiger partial charge < -0.3 is 19.0 Å². The van der Waals surface area contributed by atoms with Crippen LogP contribution in [0.5, 0.6) is 11.5 Å². The highest BCUT2D eigenvalue weighted by molar-refractivity contribution is 6.51. The van der Waals surface area contributed by atoms with Gasteiger partial charge in [-0.25, -0.2) is 0 Å². The van der Waals surface area contributed by atoms with E-state index < -0.39 is 23.5 Å². The number of halogens is 2. The molecule has 1 fully saturated rings. The maximum Gasteiger partial charge on any atom is 0.300 e. The molecule has 0 aliphatic carbocycles. The smallest absolute Gasteiger partial charge is 0.300 e. The number of furan rings is 1. The average Bonchev–Trinajstić information content (AvgIpc) is 3.44. The number of Topliss-reactive ketones (excluding diaryl/α,β-unsaturated/α-hetero) is 1. The van der Waals surface area contributed by atoms with E-state index in [-0.39, 0.29) is 26.9 Å². The first kappa shape index (κ1) is 23.7. The number of aliphatic hydroxyl groups is 1. The van der Waals surface area contributed by atoms with Gasteiger partial charge in [-0.05, 0) is 42.8 Å². The van der Waals surface area contributed by atoms with E-state index in [1.54, 1.807) is 36.4 Å². The van der Waals surface area contributed by atoms with E-state index in [2.05, 4.69) is 0 Å². The summed E-state index contributed by atoms with van der Waals surface area (Å²) in [5.41, 5.74) is 0.421. The molecule has 1 aliphatic heterocycles. The summed E-state index contributed by atoms with van der Waals surface area (Å²) in [6.07, 6.45) is 2.24. The summed E-state index contributed by atoms with van der Waals surface area (Å²) in [4.78, 5) is 27.7. The van der Waals surface area contributed by atoms with Crippen LogP contribution in [0.4, 0.5) is 5.69 Å². The van der Waals surface area contributed by atoms with Crippen molar-refractivity contribution in [2.75, 3.05) is 18.6 Å². The van der Waals surface area contributed by atoms with E-state index in [0.29, 0.717) is 23.8 Å². The van der Waals surface area contributed by atoms with Gasteiger partial charge in [0.15, 0.2) is 5.75 Å². The second kappa shape index (κ2) is 9.83. The molecule has 7 nitrogen and oxygen atoms in total. The summed E-state index contributed by atoms with van der Waals surface area (Å²) in [6.45, 7) is 2.49. The van der Waals surface area contributed by atoms with Gasteiger partial charge in [0.25, 0.3) is 11.7 Å². The lowest BCUT2D eigenvalue weighted by atomic mass is 9.99. The van der Waals surface area contributed by atoms with Crippen LogP contribution in [-0.2, 0) is 9.59 Å². The van der Waals surface area contributed by atoms with Crippen LogP contribution in [0, 0.1) is 0 Å². The van der Waals surface area contributed by atoms with Gasteiger partial charge in [0.1, 0.15) is 23.3 Å². The summed E-state index contributed by atoms with van der Waals surface area (Å²) < 4.78 is 16.4. The second-order valence-corrected chi connectivity index (χ2v) is 8.32. The first-order chi connectivity index (χ1) is 16.4. The molecule has 1 N–H and O–H groups in total. The molecule has 1 unspecified atom stereocenters. The highest BCUT2D eigenvalue weighted by atomic mass is 35.5. The zero-order valence-corrected chi connectivity index (χ0v) is 19.9. The van der Waals surface area contributed by atoms with E-state index in [1.807, 2.05) is 6.92 Å². The Hall–Kier alpha value is -3.42. The molecule has 2 heterocycles. The molecule has 34 heavy (non-hydrogen) atoms. The maximum atomic E-state index is 13.2. The third kappa shape index (κ3) is 4.24. The van der Waals surface area contributed by atoms with Crippen LogP contribution in [0.1, 0.15) is 30.7 Å². The second-order valence-electron chi connectivity index (χ2n) is 7.50. The van der Waals surface area contributed by atoms with Gasteiger partial charge in [-0.3, -0.25) is 14.5 Å². The van der Waals surface area contributed by atoms with Crippen molar-refractivity contribution in [2.45, 2.75) is 19.4 Å². The number of hydrogen-bond donors (Lipinski definition) is 1. The normalized spacial score (nSPS) is 17.3. The molecule has 0 bridgehead atoms. The summed E-state index contributed by atoms with van der Waals surface area (Å²) >= 11 is 12.5. The Morgan fingerprint density at radius 2 is 1.85 bits per heavy atom. The Morgan fingerprint density at radius 1 is 1.12 bits per heavy atom. The van der Waals surface area contributed by atoms with Gasteiger partial charge >= 0.3 is 0 Å². The number of anilines is 1. The number of carbonyl (C=O) groups excluding carboxylic acids is 2. The zero-order valence-electron chi connectivity index (χ0n) is 18.4. The van der Waals surface area contributed by atoms with Crippen LogP contribution in [0.3, 0.4) is 0 Å². The largest absolute Gasteiger partial charge is 0.507 e. The topological polar surface area (TPSA) is 89.2 Å². The number of nitrogens with zero attached hydrogens (tertiary/aromatic N) is 1. The minimum absolute atomic E-state index is 0.140. The van der Waals surface area contributed by atoms with E-state index in [4.69, 9.17) is 37.1 Å². The summed E-state index contributed by atoms with van der Waals surface area (Å²) in [6, 6.07) is 11.9. The summed E-state index contributed by atoms with van der Waals surface area (Å²) in [5.74, 6) is -1.05.